The molecule has 1 aromatic heterocycles. The van der Waals surface area contributed by atoms with Gasteiger partial charge in [0.2, 0.25) is 0 Å². The molecule has 0 saturated carbocycles. The van der Waals surface area contributed by atoms with Gasteiger partial charge < -0.3 is 4.57 Å². The number of hydrogen-bond donors (Lipinski definition) is 0. The second-order valence-corrected chi connectivity index (χ2v) is 5.61. The van der Waals surface area contributed by atoms with Gasteiger partial charge in [0.05, 0.1) is 6.33 Å². The second kappa shape index (κ2) is 5.38. The molecule has 1 aromatic carbocycles. The summed E-state index contributed by atoms with van der Waals surface area (Å²) in [6.07, 6.45) is 6.79. The molecule has 0 radical (unpaired) electrons. The first kappa shape index (κ1) is 12.9. The van der Waals surface area contributed by atoms with Crippen LogP contribution in [0.25, 0.3) is 5.69 Å². The third-order valence-corrected chi connectivity index (χ3v) is 3.18. The van der Waals surface area contributed by atoms with Crippen LogP contribution < -0.4 is 0 Å². The normalized spacial score (nSPS) is 11.4. The van der Waals surface area contributed by atoms with Gasteiger partial charge >= 0.3 is 0 Å². The molecule has 0 bridgehead atoms. The zero-order valence-electron chi connectivity index (χ0n) is 11.7. The summed E-state index contributed by atoms with van der Waals surface area (Å²) in [6, 6.07) is 6.75. The van der Waals surface area contributed by atoms with Crippen molar-refractivity contribution in [2.75, 3.05) is 0 Å². The quantitative estimate of drug-likeness (QED) is 0.786. The standard InChI is InChI=1S/C16H22N2/c1-12(2)9-14-10-15(18-8-7-17-11-18)5-6-16(14)13(3)4/h5-8,10-13H,9H2,1-4H3. The number of hydrogen-bond acceptors (Lipinski definition) is 1. The second-order valence-electron chi connectivity index (χ2n) is 5.61. The van der Waals surface area contributed by atoms with Crippen LogP contribution in [0.15, 0.2) is 36.9 Å². The molecule has 2 nitrogen and oxygen atoms in total. The highest BCUT2D eigenvalue weighted by molar-refractivity contribution is 5.42. The van der Waals surface area contributed by atoms with E-state index in [1.165, 1.54) is 16.8 Å². The molecule has 2 rings (SSSR count). The summed E-state index contributed by atoms with van der Waals surface area (Å²) in [5.74, 6) is 1.26. The topological polar surface area (TPSA) is 17.8 Å². The number of imidazole rings is 1. The predicted octanol–water partition coefficient (Wildman–Crippen LogP) is 4.19. The van der Waals surface area contributed by atoms with E-state index in [1.54, 1.807) is 0 Å². The van der Waals surface area contributed by atoms with Gasteiger partial charge in [-0.05, 0) is 41.5 Å². The van der Waals surface area contributed by atoms with E-state index < -0.39 is 0 Å². The molecule has 0 fully saturated rings. The van der Waals surface area contributed by atoms with Gasteiger partial charge in [-0.25, -0.2) is 4.98 Å². The molecule has 0 aliphatic heterocycles. The largest absolute Gasteiger partial charge is 0.306 e. The first-order valence-electron chi connectivity index (χ1n) is 6.69. The Labute approximate surface area is 110 Å². The van der Waals surface area contributed by atoms with E-state index >= 15 is 0 Å². The van der Waals surface area contributed by atoms with Gasteiger partial charge in [0.25, 0.3) is 0 Å². The van der Waals surface area contributed by atoms with Crippen molar-refractivity contribution in [3.8, 4) is 5.69 Å². The molecule has 1 heterocycles. The summed E-state index contributed by atoms with van der Waals surface area (Å²) in [5.41, 5.74) is 4.13. The van der Waals surface area contributed by atoms with Crippen LogP contribution in [0.5, 0.6) is 0 Å². The Morgan fingerprint density at radius 3 is 2.50 bits per heavy atom. The maximum atomic E-state index is 4.11. The lowest BCUT2D eigenvalue weighted by Gasteiger charge is -2.16. The van der Waals surface area contributed by atoms with Crippen LogP contribution in [0.4, 0.5) is 0 Å². The Kier molecular flexibility index (Phi) is 3.85. The van der Waals surface area contributed by atoms with E-state index in [4.69, 9.17) is 0 Å². The average molecular weight is 242 g/mol. The third kappa shape index (κ3) is 2.81. The molecule has 2 heteroatoms. The van der Waals surface area contributed by atoms with Crippen molar-refractivity contribution >= 4 is 0 Å². The van der Waals surface area contributed by atoms with Crippen molar-refractivity contribution in [1.82, 2.24) is 9.55 Å². The summed E-state index contributed by atoms with van der Waals surface area (Å²) < 4.78 is 2.06. The highest BCUT2D eigenvalue weighted by Gasteiger charge is 2.09. The number of benzene rings is 1. The summed E-state index contributed by atoms with van der Waals surface area (Å²) in [4.78, 5) is 4.11. The fourth-order valence-corrected chi connectivity index (χ4v) is 2.34. The molecule has 0 aliphatic carbocycles. The Balaban J connectivity index is 2.42. The molecule has 18 heavy (non-hydrogen) atoms. The molecule has 2 aromatic rings. The fourth-order valence-electron chi connectivity index (χ4n) is 2.34. The van der Waals surface area contributed by atoms with Crippen molar-refractivity contribution in [1.29, 1.82) is 0 Å². The SMILES string of the molecule is CC(C)Cc1cc(-n2ccnc2)ccc1C(C)C. The third-order valence-electron chi connectivity index (χ3n) is 3.18. The lowest BCUT2D eigenvalue weighted by molar-refractivity contribution is 0.638. The van der Waals surface area contributed by atoms with E-state index in [9.17, 15) is 0 Å². The molecule has 0 amide bonds. The monoisotopic (exact) mass is 242 g/mol. The minimum atomic E-state index is 0.579. The fraction of sp³-hybridized carbons (Fsp3) is 0.438. The minimum Gasteiger partial charge on any atom is -0.306 e. The molecule has 0 unspecified atom stereocenters. The highest BCUT2D eigenvalue weighted by Crippen LogP contribution is 2.24. The van der Waals surface area contributed by atoms with Crippen molar-refractivity contribution in [2.45, 2.75) is 40.0 Å². The summed E-state index contributed by atoms with van der Waals surface area (Å²) >= 11 is 0. The lowest BCUT2D eigenvalue weighted by atomic mass is 9.91. The van der Waals surface area contributed by atoms with Crippen LogP contribution in [-0.4, -0.2) is 9.55 Å². The number of nitrogens with zero attached hydrogens (tertiary/aromatic N) is 2. The first-order valence-corrected chi connectivity index (χ1v) is 6.69. The molecule has 0 aliphatic rings. The van der Waals surface area contributed by atoms with Gasteiger partial charge in [0.1, 0.15) is 0 Å². The average Bonchev–Trinajstić information content (AvgIpc) is 2.81. The van der Waals surface area contributed by atoms with E-state index in [2.05, 4.69) is 55.4 Å². The van der Waals surface area contributed by atoms with Gasteiger partial charge in [-0.15, -0.1) is 0 Å². The molecule has 0 N–H and O–H groups in total. The van der Waals surface area contributed by atoms with Crippen molar-refractivity contribution in [3.63, 3.8) is 0 Å². The van der Waals surface area contributed by atoms with Crippen LogP contribution >= 0.6 is 0 Å². The van der Waals surface area contributed by atoms with E-state index in [0.717, 1.165) is 6.42 Å². The lowest BCUT2D eigenvalue weighted by Crippen LogP contribution is -2.03. The number of rotatable bonds is 4. The maximum absolute atomic E-state index is 4.11. The van der Waals surface area contributed by atoms with Crippen molar-refractivity contribution in [2.24, 2.45) is 5.92 Å². The zero-order valence-corrected chi connectivity index (χ0v) is 11.7. The molecule has 96 valence electrons. The van der Waals surface area contributed by atoms with E-state index in [-0.39, 0.29) is 0 Å². The molecule has 0 saturated heterocycles. The van der Waals surface area contributed by atoms with Crippen LogP contribution in [0.1, 0.15) is 44.7 Å². The maximum Gasteiger partial charge on any atom is 0.0991 e. The van der Waals surface area contributed by atoms with Crippen LogP contribution in [0.3, 0.4) is 0 Å². The minimum absolute atomic E-state index is 0.579. The Bertz CT molecular complexity index is 496. The summed E-state index contributed by atoms with van der Waals surface area (Å²) in [5, 5.41) is 0. The van der Waals surface area contributed by atoms with Gasteiger partial charge in [-0.2, -0.15) is 0 Å². The van der Waals surface area contributed by atoms with Crippen molar-refractivity contribution < 1.29 is 0 Å². The molecular formula is C16H22N2. The first-order chi connectivity index (χ1) is 8.58. The van der Waals surface area contributed by atoms with E-state index in [0.29, 0.717) is 11.8 Å². The molecular weight excluding hydrogens is 220 g/mol. The van der Waals surface area contributed by atoms with Gasteiger partial charge in [-0.1, -0.05) is 33.8 Å². The smallest absolute Gasteiger partial charge is 0.0991 e. The Morgan fingerprint density at radius 1 is 1.17 bits per heavy atom. The Morgan fingerprint density at radius 2 is 1.94 bits per heavy atom. The summed E-state index contributed by atoms with van der Waals surface area (Å²) in [6.45, 7) is 9.06. The van der Waals surface area contributed by atoms with Gasteiger partial charge in [0.15, 0.2) is 0 Å². The van der Waals surface area contributed by atoms with Gasteiger partial charge in [-0.3, -0.25) is 0 Å². The molecule has 0 atom stereocenters. The highest BCUT2D eigenvalue weighted by atomic mass is 15.0. The molecule has 0 spiro atoms. The zero-order chi connectivity index (χ0) is 13.1. The predicted molar refractivity (Wildman–Crippen MR) is 76.2 cm³/mol. The Hall–Kier alpha value is -1.57. The van der Waals surface area contributed by atoms with Crippen LogP contribution in [0, 0.1) is 5.92 Å². The van der Waals surface area contributed by atoms with Crippen LogP contribution in [-0.2, 0) is 6.42 Å². The number of aromatic nitrogens is 2. The van der Waals surface area contributed by atoms with Crippen molar-refractivity contribution in [3.05, 3.63) is 48.0 Å². The van der Waals surface area contributed by atoms with Gasteiger partial charge in [0, 0.05) is 18.1 Å². The van der Waals surface area contributed by atoms with Crippen LogP contribution in [0.2, 0.25) is 0 Å². The summed E-state index contributed by atoms with van der Waals surface area (Å²) in [7, 11) is 0. The van der Waals surface area contributed by atoms with E-state index in [1.807, 2.05) is 18.7 Å².